The highest BCUT2D eigenvalue weighted by Gasteiger charge is 2.24. The summed E-state index contributed by atoms with van der Waals surface area (Å²) in [6, 6.07) is 3.61. The van der Waals surface area contributed by atoms with Crippen LogP contribution in [0.15, 0.2) is 12.1 Å². The molecule has 0 radical (unpaired) electrons. The van der Waals surface area contributed by atoms with Crippen LogP contribution >= 0.6 is 0 Å². The van der Waals surface area contributed by atoms with Crippen molar-refractivity contribution in [3.63, 3.8) is 0 Å². The zero-order valence-electron chi connectivity index (χ0n) is 17.5. The molecule has 29 heavy (non-hydrogen) atoms. The first-order valence-corrected chi connectivity index (χ1v) is 9.99. The first-order chi connectivity index (χ1) is 13.7. The number of nitrogens with zero attached hydrogens (tertiary/aromatic N) is 5. The molecule has 1 aliphatic rings. The maximum absolute atomic E-state index is 12.5. The number of hydrogen-bond acceptors (Lipinski definition) is 6. The van der Waals surface area contributed by atoms with Gasteiger partial charge in [-0.05, 0) is 24.5 Å². The lowest BCUT2D eigenvalue weighted by Crippen LogP contribution is -2.40. The summed E-state index contributed by atoms with van der Waals surface area (Å²) >= 11 is 0. The molecular weight excluding hydrogens is 370 g/mol. The molecule has 2 aromatic heterocycles. The standard InChI is InChI=1S/C20H29N7O2/c1-12(2)7-14-9-17(24-20(21)23-14)18(28)22-10-15-8-16-11-26(19(29)13(3)4)5-6-27(16)25-15/h8-9,12-13H,5-7,10-11H2,1-4H3,(H,22,28)(H2,21,23,24). The van der Waals surface area contributed by atoms with Crippen molar-refractivity contribution in [1.82, 2.24) is 30.0 Å². The van der Waals surface area contributed by atoms with Crippen LogP contribution in [0.3, 0.4) is 0 Å². The van der Waals surface area contributed by atoms with Crippen LogP contribution in [-0.4, -0.2) is 43.0 Å². The van der Waals surface area contributed by atoms with Crippen LogP contribution < -0.4 is 11.1 Å². The van der Waals surface area contributed by atoms with Gasteiger partial charge in [0.1, 0.15) is 5.69 Å². The van der Waals surface area contributed by atoms with E-state index in [4.69, 9.17) is 5.73 Å². The lowest BCUT2D eigenvalue weighted by atomic mass is 10.1. The summed E-state index contributed by atoms with van der Waals surface area (Å²) in [5.41, 5.74) is 8.48. The van der Waals surface area contributed by atoms with Gasteiger partial charge in [0.25, 0.3) is 5.91 Å². The lowest BCUT2D eigenvalue weighted by Gasteiger charge is -2.29. The Hall–Kier alpha value is -2.97. The molecule has 0 aromatic carbocycles. The quantitative estimate of drug-likeness (QED) is 0.757. The first-order valence-electron chi connectivity index (χ1n) is 9.99. The molecule has 2 aromatic rings. The summed E-state index contributed by atoms with van der Waals surface area (Å²) in [6.07, 6.45) is 0.729. The van der Waals surface area contributed by atoms with Crippen LogP contribution in [-0.2, 0) is 30.8 Å². The number of rotatable bonds is 6. The molecule has 0 atom stereocenters. The van der Waals surface area contributed by atoms with Crippen molar-refractivity contribution < 1.29 is 9.59 Å². The molecular formula is C20H29N7O2. The highest BCUT2D eigenvalue weighted by Crippen LogP contribution is 2.16. The highest BCUT2D eigenvalue weighted by atomic mass is 16.2. The molecule has 0 unspecified atom stereocenters. The number of carbonyl (C=O) groups excluding carboxylic acids is 2. The Labute approximate surface area is 170 Å². The van der Waals surface area contributed by atoms with E-state index in [9.17, 15) is 9.59 Å². The average molecular weight is 399 g/mol. The Bertz CT molecular complexity index is 904. The number of anilines is 1. The van der Waals surface area contributed by atoms with Gasteiger partial charge < -0.3 is 16.0 Å². The van der Waals surface area contributed by atoms with E-state index in [-0.39, 0.29) is 35.9 Å². The predicted octanol–water partition coefficient (Wildman–Crippen LogP) is 1.38. The van der Waals surface area contributed by atoms with Crippen molar-refractivity contribution >= 4 is 17.8 Å². The lowest BCUT2D eigenvalue weighted by molar-refractivity contribution is -0.136. The van der Waals surface area contributed by atoms with Gasteiger partial charge in [0.2, 0.25) is 11.9 Å². The van der Waals surface area contributed by atoms with Crippen molar-refractivity contribution in [3.8, 4) is 0 Å². The van der Waals surface area contributed by atoms with Crippen molar-refractivity contribution in [1.29, 1.82) is 0 Å². The molecule has 1 aliphatic heterocycles. The van der Waals surface area contributed by atoms with E-state index in [0.29, 0.717) is 25.6 Å². The molecule has 0 saturated carbocycles. The molecule has 3 rings (SSSR count). The minimum atomic E-state index is -0.313. The summed E-state index contributed by atoms with van der Waals surface area (Å²) in [5, 5.41) is 7.38. The predicted molar refractivity (Wildman–Crippen MR) is 109 cm³/mol. The number of hydrogen-bond donors (Lipinski definition) is 2. The van der Waals surface area contributed by atoms with Crippen molar-refractivity contribution in [2.24, 2.45) is 11.8 Å². The molecule has 0 spiro atoms. The van der Waals surface area contributed by atoms with Gasteiger partial charge in [0.05, 0.1) is 31.0 Å². The molecule has 0 bridgehead atoms. The molecule has 3 heterocycles. The van der Waals surface area contributed by atoms with Gasteiger partial charge in [0, 0.05) is 18.2 Å². The van der Waals surface area contributed by atoms with Crippen molar-refractivity contribution in [3.05, 3.63) is 34.9 Å². The second-order valence-corrected chi connectivity index (χ2v) is 8.15. The van der Waals surface area contributed by atoms with Crippen LogP contribution in [0, 0.1) is 11.8 Å². The summed E-state index contributed by atoms with van der Waals surface area (Å²) in [4.78, 5) is 34.8. The summed E-state index contributed by atoms with van der Waals surface area (Å²) in [7, 11) is 0. The molecule has 3 N–H and O–H groups in total. The molecule has 2 amide bonds. The maximum atomic E-state index is 12.5. The van der Waals surface area contributed by atoms with Gasteiger partial charge in [-0.25, -0.2) is 9.97 Å². The Kier molecular flexibility index (Phi) is 6.14. The van der Waals surface area contributed by atoms with E-state index < -0.39 is 0 Å². The third-order valence-corrected chi connectivity index (χ3v) is 4.73. The Morgan fingerprint density at radius 1 is 1.14 bits per heavy atom. The normalized spacial score (nSPS) is 13.7. The van der Waals surface area contributed by atoms with Crippen molar-refractivity contribution in [2.45, 2.75) is 53.8 Å². The zero-order valence-corrected chi connectivity index (χ0v) is 17.5. The van der Waals surface area contributed by atoms with Crippen LogP contribution in [0.1, 0.15) is 55.3 Å². The largest absolute Gasteiger partial charge is 0.368 e. The van der Waals surface area contributed by atoms with Crippen LogP contribution in [0.25, 0.3) is 0 Å². The number of carbonyl (C=O) groups is 2. The van der Waals surface area contributed by atoms with E-state index in [1.165, 1.54) is 0 Å². The second kappa shape index (κ2) is 8.59. The molecule has 9 nitrogen and oxygen atoms in total. The zero-order chi connectivity index (χ0) is 21.1. The van der Waals surface area contributed by atoms with Crippen LogP contribution in [0.5, 0.6) is 0 Å². The third kappa shape index (κ3) is 5.10. The fraction of sp³-hybridized carbons (Fsp3) is 0.550. The smallest absolute Gasteiger partial charge is 0.270 e. The molecule has 9 heteroatoms. The minimum Gasteiger partial charge on any atom is -0.368 e. The second-order valence-electron chi connectivity index (χ2n) is 8.15. The van der Waals surface area contributed by atoms with E-state index in [1.807, 2.05) is 29.5 Å². The minimum absolute atomic E-state index is 0.0240. The fourth-order valence-corrected chi connectivity index (χ4v) is 3.38. The SMILES string of the molecule is CC(C)Cc1cc(C(=O)NCc2cc3n(n2)CCN(C(=O)C(C)C)C3)nc(N)n1. The van der Waals surface area contributed by atoms with Gasteiger partial charge in [0.15, 0.2) is 0 Å². The molecule has 0 fully saturated rings. The Morgan fingerprint density at radius 3 is 2.59 bits per heavy atom. The summed E-state index contributed by atoms with van der Waals surface area (Å²) in [6.45, 7) is 10.1. The van der Waals surface area contributed by atoms with E-state index in [2.05, 4.69) is 34.2 Å². The van der Waals surface area contributed by atoms with Gasteiger partial charge in [-0.2, -0.15) is 5.10 Å². The third-order valence-electron chi connectivity index (χ3n) is 4.73. The van der Waals surface area contributed by atoms with Gasteiger partial charge in [-0.3, -0.25) is 14.3 Å². The molecule has 0 saturated heterocycles. The number of nitrogen functional groups attached to an aromatic ring is 1. The number of nitrogens with one attached hydrogen (secondary N) is 1. The van der Waals surface area contributed by atoms with Crippen molar-refractivity contribution in [2.75, 3.05) is 12.3 Å². The molecule has 0 aliphatic carbocycles. The monoisotopic (exact) mass is 399 g/mol. The van der Waals surface area contributed by atoms with E-state index >= 15 is 0 Å². The Morgan fingerprint density at radius 2 is 1.90 bits per heavy atom. The van der Waals surface area contributed by atoms with Gasteiger partial charge >= 0.3 is 0 Å². The van der Waals surface area contributed by atoms with Crippen LogP contribution in [0.2, 0.25) is 0 Å². The topological polar surface area (TPSA) is 119 Å². The average Bonchev–Trinajstić information content (AvgIpc) is 3.06. The fourth-order valence-electron chi connectivity index (χ4n) is 3.38. The number of amides is 2. The van der Waals surface area contributed by atoms with Gasteiger partial charge in [-0.1, -0.05) is 27.7 Å². The highest BCUT2D eigenvalue weighted by molar-refractivity contribution is 5.92. The number of nitrogens with two attached hydrogens (primary N) is 1. The summed E-state index contributed by atoms with van der Waals surface area (Å²) in [5.74, 6) is 0.307. The van der Waals surface area contributed by atoms with Gasteiger partial charge in [-0.15, -0.1) is 0 Å². The Balaban J connectivity index is 1.64. The maximum Gasteiger partial charge on any atom is 0.270 e. The summed E-state index contributed by atoms with van der Waals surface area (Å²) < 4.78 is 1.90. The first kappa shape index (κ1) is 20.8. The van der Waals surface area contributed by atoms with E-state index in [1.54, 1.807) is 6.07 Å². The molecule has 156 valence electrons. The number of fused-ring (bicyclic) bond motifs is 1. The van der Waals surface area contributed by atoms with E-state index in [0.717, 1.165) is 23.5 Å². The van der Waals surface area contributed by atoms with Crippen LogP contribution in [0.4, 0.5) is 5.95 Å². The number of aromatic nitrogens is 4.